The smallest absolute Gasteiger partial charge is 0.213 e. The molecule has 0 bridgehead atoms. The van der Waals surface area contributed by atoms with Crippen LogP contribution in [0.15, 0.2) is 34.8 Å². The monoisotopic (exact) mass is 373 g/mol. The summed E-state index contributed by atoms with van der Waals surface area (Å²) in [7, 11) is 1.82. The Labute approximate surface area is 159 Å². The topological polar surface area (TPSA) is 62.6 Å². The lowest BCUT2D eigenvalue weighted by Gasteiger charge is -2.21. The van der Waals surface area contributed by atoms with E-state index >= 15 is 0 Å². The number of hydrogen-bond acceptors (Lipinski definition) is 5. The second kappa shape index (κ2) is 8.03. The molecule has 1 fully saturated rings. The van der Waals surface area contributed by atoms with Crippen LogP contribution >= 0.6 is 11.3 Å². The lowest BCUT2D eigenvalue weighted by atomic mass is 9.93. The van der Waals surface area contributed by atoms with Gasteiger partial charge in [-0.3, -0.25) is 4.99 Å². The molecule has 26 heavy (non-hydrogen) atoms. The molecular formula is C19H27N5OS. The second-order valence-corrected chi connectivity index (χ2v) is 8.36. The van der Waals surface area contributed by atoms with E-state index in [2.05, 4.69) is 46.3 Å². The zero-order valence-corrected chi connectivity index (χ0v) is 16.7. The number of nitrogens with one attached hydrogen (secondary N) is 1. The Morgan fingerprint density at radius 3 is 2.92 bits per heavy atom. The average Bonchev–Trinajstić information content (AvgIpc) is 3.26. The number of ether oxygens (including phenoxy) is 1. The maximum atomic E-state index is 5.96. The molecule has 1 unspecified atom stereocenters. The summed E-state index contributed by atoms with van der Waals surface area (Å²) in [5.74, 6) is 1.57. The van der Waals surface area contributed by atoms with Crippen LogP contribution in [0.5, 0.6) is 5.88 Å². The molecule has 3 rings (SSSR count). The fraction of sp³-hybridized carbons (Fsp3) is 0.526. The summed E-state index contributed by atoms with van der Waals surface area (Å²) in [6, 6.07) is 5.73. The molecule has 0 amide bonds. The molecule has 0 radical (unpaired) electrons. The maximum absolute atomic E-state index is 5.96. The van der Waals surface area contributed by atoms with Gasteiger partial charge < -0.3 is 15.0 Å². The highest BCUT2D eigenvalue weighted by Crippen LogP contribution is 2.24. The average molecular weight is 374 g/mol. The predicted octanol–water partition coefficient (Wildman–Crippen LogP) is 3.06. The molecule has 6 nitrogen and oxygen atoms in total. The van der Waals surface area contributed by atoms with Gasteiger partial charge in [-0.1, -0.05) is 26.8 Å². The molecule has 1 aliphatic heterocycles. The normalized spacial score (nSPS) is 18.2. The van der Waals surface area contributed by atoms with Gasteiger partial charge in [0.25, 0.3) is 0 Å². The molecule has 140 valence electrons. The molecule has 1 aliphatic rings. The van der Waals surface area contributed by atoms with Crippen molar-refractivity contribution in [1.82, 2.24) is 20.2 Å². The lowest BCUT2D eigenvalue weighted by molar-refractivity contribution is 0.205. The molecule has 0 saturated carbocycles. The van der Waals surface area contributed by atoms with Gasteiger partial charge in [-0.25, -0.2) is 9.97 Å². The van der Waals surface area contributed by atoms with Crippen LogP contribution in [-0.4, -0.2) is 47.1 Å². The van der Waals surface area contributed by atoms with Crippen molar-refractivity contribution in [2.45, 2.75) is 45.3 Å². The quantitative estimate of drug-likeness (QED) is 0.659. The molecular weight excluding hydrogens is 346 g/mol. The van der Waals surface area contributed by atoms with Crippen molar-refractivity contribution in [1.29, 1.82) is 0 Å². The highest BCUT2D eigenvalue weighted by Gasteiger charge is 2.26. The van der Waals surface area contributed by atoms with Gasteiger partial charge in [0.05, 0.1) is 18.8 Å². The van der Waals surface area contributed by atoms with Crippen LogP contribution < -0.4 is 10.1 Å². The highest BCUT2D eigenvalue weighted by molar-refractivity contribution is 7.09. The summed E-state index contributed by atoms with van der Waals surface area (Å²) in [6.45, 7) is 8.97. The first-order valence-electron chi connectivity index (χ1n) is 8.94. The van der Waals surface area contributed by atoms with Crippen molar-refractivity contribution in [2.24, 2.45) is 4.99 Å². The molecule has 0 spiro atoms. The summed E-state index contributed by atoms with van der Waals surface area (Å²) >= 11 is 1.69. The number of nitrogens with zero attached hydrogens (tertiary/aromatic N) is 4. The Morgan fingerprint density at radius 1 is 1.42 bits per heavy atom. The Morgan fingerprint density at radius 2 is 2.27 bits per heavy atom. The van der Waals surface area contributed by atoms with E-state index in [-0.39, 0.29) is 11.5 Å². The standard InChI is InChI=1S/C19H27N5OS/c1-19(2,3)15-13-26-17(23-15)11-22-18(20-4)24-10-8-14(12-24)25-16-7-5-6-9-21-16/h5-7,9,13-14H,8,10-12H2,1-4H3,(H,20,22). The summed E-state index contributed by atoms with van der Waals surface area (Å²) in [5, 5.41) is 6.65. The van der Waals surface area contributed by atoms with Crippen molar-refractivity contribution >= 4 is 17.3 Å². The van der Waals surface area contributed by atoms with Crippen LogP contribution in [0.25, 0.3) is 0 Å². The maximum Gasteiger partial charge on any atom is 0.213 e. The minimum Gasteiger partial charge on any atom is -0.472 e. The number of aromatic nitrogens is 2. The van der Waals surface area contributed by atoms with Crippen molar-refractivity contribution < 1.29 is 4.74 Å². The van der Waals surface area contributed by atoms with E-state index in [0.717, 1.165) is 36.2 Å². The SMILES string of the molecule is CN=C(NCc1nc(C(C)(C)C)cs1)N1CCC(Oc2ccccn2)C1. The minimum absolute atomic E-state index is 0.0847. The van der Waals surface area contributed by atoms with E-state index in [0.29, 0.717) is 12.4 Å². The molecule has 0 aliphatic carbocycles. The molecule has 3 heterocycles. The Kier molecular flexibility index (Phi) is 5.76. The van der Waals surface area contributed by atoms with E-state index in [4.69, 9.17) is 9.72 Å². The molecule has 7 heteroatoms. The number of likely N-dealkylation sites (tertiary alicyclic amines) is 1. The Balaban J connectivity index is 1.52. The van der Waals surface area contributed by atoms with Gasteiger partial charge in [-0.05, 0) is 6.07 Å². The van der Waals surface area contributed by atoms with E-state index in [9.17, 15) is 0 Å². The van der Waals surface area contributed by atoms with Gasteiger partial charge >= 0.3 is 0 Å². The van der Waals surface area contributed by atoms with Crippen molar-refractivity contribution in [3.8, 4) is 5.88 Å². The van der Waals surface area contributed by atoms with E-state index in [1.165, 1.54) is 0 Å². The fourth-order valence-electron chi connectivity index (χ4n) is 2.83. The first kappa shape index (κ1) is 18.6. The van der Waals surface area contributed by atoms with Gasteiger partial charge in [0.15, 0.2) is 5.96 Å². The number of rotatable bonds is 4. The van der Waals surface area contributed by atoms with Gasteiger partial charge in [0.1, 0.15) is 11.1 Å². The van der Waals surface area contributed by atoms with Crippen LogP contribution in [0.1, 0.15) is 37.9 Å². The number of thiazole rings is 1. The van der Waals surface area contributed by atoms with Crippen molar-refractivity contribution in [2.75, 3.05) is 20.1 Å². The van der Waals surface area contributed by atoms with Gasteiger partial charge in [-0.15, -0.1) is 11.3 Å². The van der Waals surface area contributed by atoms with Crippen LogP contribution in [-0.2, 0) is 12.0 Å². The largest absolute Gasteiger partial charge is 0.472 e. The minimum atomic E-state index is 0.0847. The first-order chi connectivity index (χ1) is 12.5. The highest BCUT2D eigenvalue weighted by atomic mass is 32.1. The Bertz CT molecular complexity index is 738. The van der Waals surface area contributed by atoms with Crippen molar-refractivity contribution in [3.05, 3.63) is 40.5 Å². The van der Waals surface area contributed by atoms with E-state index < -0.39 is 0 Å². The van der Waals surface area contributed by atoms with Crippen LogP contribution in [0.2, 0.25) is 0 Å². The molecule has 2 aromatic rings. The molecule has 0 aromatic carbocycles. The molecule has 1 atom stereocenters. The summed E-state index contributed by atoms with van der Waals surface area (Å²) in [6.07, 6.45) is 2.85. The number of hydrogen-bond donors (Lipinski definition) is 1. The van der Waals surface area contributed by atoms with Crippen LogP contribution in [0.4, 0.5) is 0 Å². The Hall–Kier alpha value is -2.15. The zero-order valence-electron chi connectivity index (χ0n) is 15.9. The van der Waals surface area contributed by atoms with Crippen LogP contribution in [0, 0.1) is 0 Å². The first-order valence-corrected chi connectivity index (χ1v) is 9.82. The lowest BCUT2D eigenvalue weighted by Crippen LogP contribution is -2.40. The van der Waals surface area contributed by atoms with Gasteiger partial charge in [-0.2, -0.15) is 0 Å². The third-order valence-corrected chi connectivity index (χ3v) is 5.15. The molecule has 2 aromatic heterocycles. The number of pyridine rings is 1. The zero-order chi connectivity index (χ0) is 18.6. The van der Waals surface area contributed by atoms with Crippen molar-refractivity contribution in [3.63, 3.8) is 0 Å². The third kappa shape index (κ3) is 4.72. The van der Waals surface area contributed by atoms with Crippen LogP contribution in [0.3, 0.4) is 0 Å². The predicted molar refractivity (Wildman–Crippen MR) is 106 cm³/mol. The summed E-state index contributed by atoms with van der Waals surface area (Å²) in [5.41, 5.74) is 1.22. The second-order valence-electron chi connectivity index (χ2n) is 7.42. The fourth-order valence-corrected chi connectivity index (χ4v) is 3.79. The summed E-state index contributed by atoms with van der Waals surface area (Å²) < 4.78 is 5.96. The van der Waals surface area contributed by atoms with Gasteiger partial charge in [0.2, 0.25) is 5.88 Å². The molecule has 1 N–H and O–H groups in total. The van der Waals surface area contributed by atoms with Gasteiger partial charge in [0, 0.05) is 43.1 Å². The van der Waals surface area contributed by atoms with E-state index in [1.54, 1.807) is 17.5 Å². The molecule has 1 saturated heterocycles. The third-order valence-electron chi connectivity index (χ3n) is 4.30. The number of aliphatic imine (C=N–C) groups is 1. The number of guanidine groups is 1. The van der Waals surface area contributed by atoms with E-state index in [1.807, 2.05) is 25.2 Å². The summed E-state index contributed by atoms with van der Waals surface area (Å²) in [4.78, 5) is 15.6.